The molecule has 2 heterocycles. The van der Waals surface area contributed by atoms with Crippen LogP contribution in [0.1, 0.15) is 47.5 Å². The van der Waals surface area contributed by atoms with E-state index >= 15 is 0 Å². The molecule has 3 nitrogen and oxygen atoms in total. The molecule has 0 aromatic rings. The average molecular weight is 226 g/mol. The molecule has 0 bridgehead atoms. The second-order valence-electron chi connectivity index (χ2n) is 6.04. The van der Waals surface area contributed by atoms with Crippen LogP contribution >= 0.6 is 0 Å². The molecule has 0 amide bonds. The summed E-state index contributed by atoms with van der Waals surface area (Å²) in [5.74, 6) is 0.309. The Hall–Kier alpha value is -0.0551. The summed E-state index contributed by atoms with van der Waals surface area (Å²) < 4.78 is 17.8. The first-order valence-corrected chi connectivity index (χ1v) is 6.31. The summed E-state index contributed by atoms with van der Waals surface area (Å²) in [5.41, 5.74) is -0.463. The molecule has 2 atom stereocenters. The van der Waals surface area contributed by atoms with Gasteiger partial charge in [0, 0.05) is 12.4 Å². The van der Waals surface area contributed by atoms with Gasteiger partial charge in [-0.25, -0.2) is 0 Å². The van der Waals surface area contributed by atoms with Crippen LogP contribution in [-0.4, -0.2) is 31.0 Å². The van der Waals surface area contributed by atoms with Gasteiger partial charge in [-0.3, -0.25) is 0 Å². The van der Waals surface area contributed by atoms with Gasteiger partial charge in [0.2, 0.25) is 0 Å². The lowest BCUT2D eigenvalue weighted by Gasteiger charge is -2.32. The fraction of sp³-hybridized carbons (Fsp3) is 1.00. The maximum Gasteiger partial charge on any atom is 0.463 e. The van der Waals surface area contributed by atoms with E-state index in [4.69, 9.17) is 14.0 Å². The summed E-state index contributed by atoms with van der Waals surface area (Å²) in [4.78, 5) is 0. The number of hydrogen-bond acceptors (Lipinski definition) is 3. The van der Waals surface area contributed by atoms with Crippen LogP contribution in [0.25, 0.3) is 0 Å². The summed E-state index contributed by atoms with van der Waals surface area (Å²) >= 11 is 0. The highest BCUT2D eigenvalue weighted by Crippen LogP contribution is 2.42. The summed E-state index contributed by atoms with van der Waals surface area (Å²) in [6.45, 7) is 11.4. The lowest BCUT2D eigenvalue weighted by Crippen LogP contribution is -2.41. The van der Waals surface area contributed by atoms with Gasteiger partial charge in [0.25, 0.3) is 0 Å². The van der Waals surface area contributed by atoms with E-state index in [1.807, 2.05) is 0 Å². The Balaban J connectivity index is 2.02. The molecule has 0 aromatic heterocycles. The molecule has 2 aliphatic rings. The highest BCUT2D eigenvalue weighted by atomic mass is 16.7. The third-order valence-electron chi connectivity index (χ3n) is 4.25. The van der Waals surface area contributed by atoms with Gasteiger partial charge < -0.3 is 14.0 Å². The standard InChI is InChI=1S/C12H23BO3/c1-9(10-7-6-8-14-10)13-15-11(2,3)12(4,5)16-13/h9-10H,6-8H2,1-5H3. The maximum atomic E-state index is 6.04. The maximum absolute atomic E-state index is 6.04. The lowest BCUT2D eigenvalue weighted by atomic mass is 9.69. The van der Waals surface area contributed by atoms with Crippen LogP contribution in [0.3, 0.4) is 0 Å². The van der Waals surface area contributed by atoms with Crippen molar-refractivity contribution >= 4 is 7.12 Å². The quantitative estimate of drug-likeness (QED) is 0.677. The van der Waals surface area contributed by atoms with E-state index in [2.05, 4.69) is 34.6 Å². The Kier molecular flexibility index (Phi) is 3.10. The molecule has 2 fully saturated rings. The summed E-state index contributed by atoms with van der Waals surface area (Å²) in [7, 11) is -0.131. The van der Waals surface area contributed by atoms with Crippen molar-refractivity contribution < 1.29 is 14.0 Å². The fourth-order valence-corrected chi connectivity index (χ4v) is 2.30. The predicted molar refractivity (Wildman–Crippen MR) is 64.5 cm³/mol. The van der Waals surface area contributed by atoms with Gasteiger partial charge in [0.1, 0.15) is 0 Å². The van der Waals surface area contributed by atoms with E-state index in [1.165, 1.54) is 0 Å². The van der Waals surface area contributed by atoms with E-state index < -0.39 is 0 Å². The van der Waals surface area contributed by atoms with Crippen molar-refractivity contribution in [3.8, 4) is 0 Å². The minimum atomic E-state index is -0.232. The lowest BCUT2D eigenvalue weighted by molar-refractivity contribution is 0.00578. The molecule has 2 unspecified atom stereocenters. The minimum absolute atomic E-state index is 0.131. The molecular weight excluding hydrogens is 203 g/mol. The monoisotopic (exact) mass is 226 g/mol. The fourth-order valence-electron chi connectivity index (χ4n) is 2.30. The predicted octanol–water partition coefficient (Wildman–Crippen LogP) is 2.65. The third-order valence-corrected chi connectivity index (χ3v) is 4.25. The van der Waals surface area contributed by atoms with Crippen LogP contribution in [0, 0.1) is 0 Å². The molecule has 0 aliphatic carbocycles. The Morgan fingerprint density at radius 1 is 1.12 bits per heavy atom. The Bertz CT molecular complexity index is 243. The SMILES string of the molecule is CC(B1OC(C)(C)C(C)(C)O1)C1CCCO1. The van der Waals surface area contributed by atoms with E-state index in [0.717, 1.165) is 19.4 Å². The molecule has 0 N–H and O–H groups in total. The van der Waals surface area contributed by atoms with Crippen LogP contribution in [0.5, 0.6) is 0 Å². The third kappa shape index (κ3) is 2.03. The molecule has 16 heavy (non-hydrogen) atoms. The highest BCUT2D eigenvalue weighted by molar-refractivity contribution is 6.47. The first kappa shape index (κ1) is 12.4. The topological polar surface area (TPSA) is 27.7 Å². The van der Waals surface area contributed by atoms with Gasteiger partial charge >= 0.3 is 7.12 Å². The second kappa shape index (κ2) is 4.00. The zero-order valence-corrected chi connectivity index (χ0v) is 11.1. The van der Waals surface area contributed by atoms with Crippen LogP contribution < -0.4 is 0 Å². The molecular formula is C12H23BO3. The van der Waals surface area contributed by atoms with Crippen molar-refractivity contribution in [3.63, 3.8) is 0 Å². The van der Waals surface area contributed by atoms with E-state index in [1.54, 1.807) is 0 Å². The summed E-state index contributed by atoms with van der Waals surface area (Å²) in [5, 5.41) is 0. The Morgan fingerprint density at radius 2 is 1.69 bits per heavy atom. The molecule has 2 saturated heterocycles. The van der Waals surface area contributed by atoms with Crippen LogP contribution in [0.2, 0.25) is 5.82 Å². The minimum Gasteiger partial charge on any atom is -0.403 e. The molecule has 92 valence electrons. The Morgan fingerprint density at radius 3 is 2.12 bits per heavy atom. The average Bonchev–Trinajstić information content (AvgIpc) is 2.72. The number of rotatable bonds is 2. The van der Waals surface area contributed by atoms with Crippen LogP contribution in [0.15, 0.2) is 0 Å². The van der Waals surface area contributed by atoms with Gasteiger partial charge in [-0.2, -0.15) is 0 Å². The van der Waals surface area contributed by atoms with Gasteiger partial charge in [0.05, 0.1) is 17.3 Å². The zero-order valence-electron chi connectivity index (χ0n) is 11.1. The molecule has 0 spiro atoms. The van der Waals surface area contributed by atoms with Crippen molar-refractivity contribution in [1.29, 1.82) is 0 Å². The van der Waals surface area contributed by atoms with Gasteiger partial charge in [-0.05, 0) is 40.5 Å². The van der Waals surface area contributed by atoms with E-state index in [0.29, 0.717) is 11.9 Å². The number of hydrogen-bond donors (Lipinski definition) is 0. The largest absolute Gasteiger partial charge is 0.463 e. The first-order chi connectivity index (χ1) is 7.33. The van der Waals surface area contributed by atoms with E-state index in [-0.39, 0.29) is 18.3 Å². The first-order valence-electron chi connectivity index (χ1n) is 6.31. The van der Waals surface area contributed by atoms with Gasteiger partial charge in [-0.15, -0.1) is 0 Å². The second-order valence-corrected chi connectivity index (χ2v) is 6.04. The van der Waals surface area contributed by atoms with Crippen molar-refractivity contribution in [2.24, 2.45) is 0 Å². The van der Waals surface area contributed by atoms with Crippen molar-refractivity contribution in [2.45, 2.75) is 70.6 Å². The van der Waals surface area contributed by atoms with Crippen LogP contribution in [-0.2, 0) is 14.0 Å². The normalized spacial score (nSPS) is 34.3. The van der Waals surface area contributed by atoms with Crippen LogP contribution in [0.4, 0.5) is 0 Å². The molecule has 0 radical (unpaired) electrons. The van der Waals surface area contributed by atoms with E-state index in [9.17, 15) is 0 Å². The van der Waals surface area contributed by atoms with Crippen molar-refractivity contribution in [1.82, 2.24) is 0 Å². The highest BCUT2D eigenvalue weighted by Gasteiger charge is 2.54. The Labute approximate surface area is 99.0 Å². The van der Waals surface area contributed by atoms with Crippen molar-refractivity contribution in [3.05, 3.63) is 0 Å². The summed E-state index contributed by atoms with van der Waals surface area (Å²) in [6.07, 6.45) is 2.59. The zero-order chi connectivity index (χ0) is 12.0. The van der Waals surface area contributed by atoms with Gasteiger partial charge in [0.15, 0.2) is 0 Å². The van der Waals surface area contributed by atoms with Gasteiger partial charge in [-0.1, -0.05) is 6.92 Å². The molecule has 4 heteroatoms. The molecule has 0 saturated carbocycles. The smallest absolute Gasteiger partial charge is 0.403 e. The molecule has 0 aromatic carbocycles. The number of ether oxygens (including phenoxy) is 1. The van der Waals surface area contributed by atoms with Crippen molar-refractivity contribution in [2.75, 3.05) is 6.61 Å². The molecule has 2 aliphatic heterocycles. The molecule has 2 rings (SSSR count). The summed E-state index contributed by atoms with van der Waals surface area (Å²) in [6, 6.07) is 0.